The second-order valence-corrected chi connectivity index (χ2v) is 5.45. The van der Waals surface area contributed by atoms with Crippen LogP contribution in [0.4, 0.5) is 5.82 Å². The van der Waals surface area contributed by atoms with Gasteiger partial charge in [-0.25, -0.2) is 4.98 Å². The third-order valence-electron chi connectivity index (χ3n) is 3.21. The van der Waals surface area contributed by atoms with Crippen LogP contribution in [0, 0.1) is 5.92 Å². The lowest BCUT2D eigenvalue weighted by Crippen LogP contribution is -2.35. The molecule has 0 spiro atoms. The molecule has 1 aromatic rings. The van der Waals surface area contributed by atoms with E-state index in [1.807, 2.05) is 4.90 Å². The smallest absolute Gasteiger partial charge is 0.150 e. The van der Waals surface area contributed by atoms with Crippen LogP contribution in [0.25, 0.3) is 0 Å². The molecular weight excluding hydrogens is 282 g/mol. The zero-order valence-corrected chi connectivity index (χ0v) is 11.6. The Labute approximate surface area is 115 Å². The van der Waals surface area contributed by atoms with Crippen LogP contribution in [0.15, 0.2) is 6.07 Å². The molecule has 1 aliphatic heterocycles. The highest BCUT2D eigenvalue weighted by molar-refractivity contribution is 6.42. The molecule has 1 fully saturated rings. The number of rotatable bonds is 2. The molecule has 2 rings (SSSR count). The molecule has 1 saturated heterocycles. The van der Waals surface area contributed by atoms with E-state index in [0.717, 1.165) is 13.0 Å². The van der Waals surface area contributed by atoms with E-state index in [1.54, 1.807) is 6.07 Å². The van der Waals surface area contributed by atoms with Crippen molar-refractivity contribution in [3.8, 4) is 0 Å². The molecule has 0 saturated carbocycles. The third kappa shape index (κ3) is 2.48. The Morgan fingerprint density at radius 3 is 2.76 bits per heavy atom. The van der Waals surface area contributed by atoms with E-state index in [2.05, 4.69) is 11.9 Å². The Kier molecular flexibility index (Phi) is 4.03. The van der Waals surface area contributed by atoms with Gasteiger partial charge in [-0.1, -0.05) is 41.7 Å². The average molecular weight is 296 g/mol. The highest BCUT2D eigenvalue weighted by Gasteiger charge is 2.32. The maximum absolute atomic E-state index is 9.41. The summed E-state index contributed by atoms with van der Waals surface area (Å²) in [5.74, 6) is 1.01. The molecule has 0 bridgehead atoms. The van der Waals surface area contributed by atoms with Gasteiger partial charge in [-0.2, -0.15) is 0 Å². The predicted molar refractivity (Wildman–Crippen MR) is 71.3 cm³/mol. The largest absolute Gasteiger partial charge is 0.394 e. The first-order chi connectivity index (χ1) is 8.04. The van der Waals surface area contributed by atoms with Crippen molar-refractivity contribution in [2.75, 3.05) is 18.1 Å². The van der Waals surface area contributed by atoms with E-state index in [4.69, 9.17) is 34.8 Å². The first-order valence-corrected chi connectivity index (χ1v) is 6.57. The topological polar surface area (TPSA) is 36.4 Å². The number of anilines is 1. The molecule has 0 amide bonds. The van der Waals surface area contributed by atoms with Gasteiger partial charge in [0.25, 0.3) is 0 Å². The van der Waals surface area contributed by atoms with Crippen LogP contribution >= 0.6 is 34.8 Å². The fraction of sp³-hybridized carbons (Fsp3) is 0.545. The normalized spacial score (nSPS) is 24.4. The maximum atomic E-state index is 9.41. The Morgan fingerprint density at radius 2 is 2.12 bits per heavy atom. The highest BCUT2D eigenvalue weighted by atomic mass is 35.5. The molecule has 94 valence electrons. The molecule has 0 aromatic carbocycles. The summed E-state index contributed by atoms with van der Waals surface area (Å²) in [6, 6.07) is 1.63. The minimum atomic E-state index is 0.0391. The van der Waals surface area contributed by atoms with Crippen molar-refractivity contribution in [2.24, 2.45) is 5.92 Å². The van der Waals surface area contributed by atoms with E-state index < -0.39 is 0 Å². The van der Waals surface area contributed by atoms with Gasteiger partial charge < -0.3 is 10.0 Å². The van der Waals surface area contributed by atoms with Gasteiger partial charge in [0.15, 0.2) is 0 Å². The van der Waals surface area contributed by atoms with E-state index in [9.17, 15) is 5.11 Å². The SMILES string of the molecule is CC1CCN(c2nc(Cl)c(Cl)cc2Cl)C1CO. The van der Waals surface area contributed by atoms with E-state index in [-0.39, 0.29) is 17.8 Å². The maximum Gasteiger partial charge on any atom is 0.150 e. The lowest BCUT2D eigenvalue weighted by Gasteiger charge is -2.27. The van der Waals surface area contributed by atoms with Crippen LogP contribution in [0.1, 0.15) is 13.3 Å². The lowest BCUT2D eigenvalue weighted by atomic mass is 10.0. The van der Waals surface area contributed by atoms with Gasteiger partial charge in [0.2, 0.25) is 0 Å². The molecule has 1 aliphatic rings. The van der Waals surface area contributed by atoms with Gasteiger partial charge in [0.05, 0.1) is 22.7 Å². The summed E-state index contributed by atoms with van der Waals surface area (Å²) >= 11 is 17.9. The minimum Gasteiger partial charge on any atom is -0.394 e. The fourth-order valence-corrected chi connectivity index (χ4v) is 2.79. The second kappa shape index (κ2) is 5.19. The van der Waals surface area contributed by atoms with Gasteiger partial charge >= 0.3 is 0 Å². The van der Waals surface area contributed by atoms with E-state index in [1.165, 1.54) is 0 Å². The Hall–Kier alpha value is -0.220. The summed E-state index contributed by atoms with van der Waals surface area (Å²) < 4.78 is 0. The van der Waals surface area contributed by atoms with Crippen molar-refractivity contribution in [3.63, 3.8) is 0 Å². The summed E-state index contributed by atoms with van der Waals surface area (Å²) in [5, 5.41) is 10.5. The van der Waals surface area contributed by atoms with Crippen LogP contribution in [0.5, 0.6) is 0 Å². The van der Waals surface area contributed by atoms with Gasteiger partial charge in [0.1, 0.15) is 11.0 Å². The quantitative estimate of drug-likeness (QED) is 0.851. The van der Waals surface area contributed by atoms with Crippen LogP contribution < -0.4 is 4.90 Å². The summed E-state index contributed by atoms with van der Waals surface area (Å²) in [4.78, 5) is 6.20. The molecule has 2 unspecified atom stereocenters. The zero-order valence-electron chi connectivity index (χ0n) is 9.33. The van der Waals surface area contributed by atoms with E-state index in [0.29, 0.717) is 21.8 Å². The number of nitrogens with zero attached hydrogens (tertiary/aromatic N) is 2. The van der Waals surface area contributed by atoms with Crippen molar-refractivity contribution in [2.45, 2.75) is 19.4 Å². The van der Waals surface area contributed by atoms with Crippen molar-refractivity contribution >= 4 is 40.6 Å². The number of aliphatic hydroxyl groups excluding tert-OH is 1. The minimum absolute atomic E-state index is 0.0391. The second-order valence-electron chi connectivity index (χ2n) is 4.28. The molecule has 2 atom stereocenters. The first-order valence-electron chi connectivity index (χ1n) is 5.43. The van der Waals surface area contributed by atoms with Crippen LogP contribution in [0.3, 0.4) is 0 Å². The Morgan fingerprint density at radius 1 is 1.41 bits per heavy atom. The van der Waals surface area contributed by atoms with Gasteiger partial charge in [0, 0.05) is 6.54 Å². The molecule has 6 heteroatoms. The van der Waals surface area contributed by atoms with Gasteiger partial charge in [-0.05, 0) is 18.4 Å². The number of hydrogen-bond acceptors (Lipinski definition) is 3. The summed E-state index contributed by atoms with van der Waals surface area (Å²) in [7, 11) is 0. The molecule has 0 radical (unpaired) electrons. The summed E-state index contributed by atoms with van der Waals surface area (Å²) in [6.07, 6.45) is 1.00. The Balaban J connectivity index is 2.37. The summed E-state index contributed by atoms with van der Waals surface area (Å²) in [5.41, 5.74) is 0. The standard InChI is InChI=1S/C11H13Cl3N2O/c1-6-2-3-16(9(6)5-17)11-8(13)4-7(12)10(14)15-11/h4,6,9,17H,2-3,5H2,1H3. The monoisotopic (exact) mass is 294 g/mol. The number of pyridine rings is 1. The number of aromatic nitrogens is 1. The molecular formula is C11H13Cl3N2O. The first kappa shape index (κ1) is 13.2. The van der Waals surface area contributed by atoms with Crippen molar-refractivity contribution in [1.29, 1.82) is 0 Å². The highest BCUT2D eigenvalue weighted by Crippen LogP contribution is 2.36. The average Bonchev–Trinajstić information content (AvgIpc) is 2.64. The number of aliphatic hydroxyl groups is 1. The van der Waals surface area contributed by atoms with Crippen molar-refractivity contribution in [1.82, 2.24) is 4.98 Å². The molecule has 2 heterocycles. The van der Waals surface area contributed by atoms with Gasteiger partial charge in [-0.15, -0.1) is 0 Å². The molecule has 1 N–H and O–H groups in total. The van der Waals surface area contributed by atoms with E-state index >= 15 is 0 Å². The molecule has 1 aromatic heterocycles. The van der Waals surface area contributed by atoms with Crippen LogP contribution in [-0.2, 0) is 0 Å². The lowest BCUT2D eigenvalue weighted by molar-refractivity contribution is 0.244. The Bertz CT molecular complexity index is 427. The number of hydrogen-bond donors (Lipinski definition) is 1. The van der Waals surface area contributed by atoms with Crippen molar-refractivity contribution < 1.29 is 5.11 Å². The van der Waals surface area contributed by atoms with Crippen LogP contribution in [0.2, 0.25) is 15.2 Å². The fourth-order valence-electron chi connectivity index (χ4n) is 2.19. The molecule has 0 aliphatic carbocycles. The molecule has 3 nitrogen and oxygen atoms in total. The number of halogens is 3. The molecule has 17 heavy (non-hydrogen) atoms. The zero-order chi connectivity index (χ0) is 12.6. The third-order valence-corrected chi connectivity index (χ3v) is 4.16. The van der Waals surface area contributed by atoms with Crippen LogP contribution in [-0.4, -0.2) is 29.3 Å². The van der Waals surface area contributed by atoms with Gasteiger partial charge in [-0.3, -0.25) is 0 Å². The predicted octanol–water partition coefficient (Wildman–Crippen LogP) is 3.25. The summed E-state index contributed by atoms with van der Waals surface area (Å²) in [6.45, 7) is 3.00. The van der Waals surface area contributed by atoms with Crippen molar-refractivity contribution in [3.05, 3.63) is 21.3 Å².